The fourth-order valence-corrected chi connectivity index (χ4v) is 4.06. The second-order valence-electron chi connectivity index (χ2n) is 6.76. The van der Waals surface area contributed by atoms with Crippen LogP contribution < -0.4 is 5.32 Å². The molecule has 0 radical (unpaired) electrons. The zero-order chi connectivity index (χ0) is 18.2. The molecule has 1 saturated heterocycles. The maximum atomic E-state index is 12.6. The molecule has 0 unspecified atom stereocenters. The summed E-state index contributed by atoms with van der Waals surface area (Å²) >= 11 is 1.51. The van der Waals surface area contributed by atoms with Crippen LogP contribution in [0, 0.1) is 0 Å². The van der Waals surface area contributed by atoms with E-state index in [9.17, 15) is 4.79 Å². The van der Waals surface area contributed by atoms with Gasteiger partial charge in [0.15, 0.2) is 0 Å². The van der Waals surface area contributed by atoms with Crippen molar-refractivity contribution in [2.24, 2.45) is 0 Å². The van der Waals surface area contributed by atoms with E-state index in [2.05, 4.69) is 45.5 Å². The van der Waals surface area contributed by atoms with Crippen LogP contribution in [-0.4, -0.2) is 47.7 Å². The normalized spacial score (nSPS) is 17.8. The van der Waals surface area contributed by atoms with E-state index in [1.54, 1.807) is 6.20 Å². The number of carbonyl (C=O) groups is 1. The van der Waals surface area contributed by atoms with Gasteiger partial charge < -0.3 is 10.2 Å². The molecule has 26 heavy (non-hydrogen) atoms. The summed E-state index contributed by atoms with van der Waals surface area (Å²) in [5.41, 5.74) is 2.08. The summed E-state index contributed by atoms with van der Waals surface area (Å²) in [5.74, 6) is -0.00131. The fraction of sp³-hybridized carbons (Fsp3) is 0.429. The Hall–Kier alpha value is -1.85. The third kappa shape index (κ3) is 5.32. The Kier molecular flexibility index (Phi) is 7.09. The Morgan fingerprint density at radius 3 is 2.92 bits per heavy atom. The summed E-state index contributed by atoms with van der Waals surface area (Å²) in [5, 5.41) is 4.01. The predicted octanol–water partition coefficient (Wildman–Crippen LogP) is 3.63. The molecule has 0 bridgehead atoms. The number of pyridine rings is 1. The zero-order valence-electron chi connectivity index (χ0n) is 15.4. The Balaban J connectivity index is 1.48. The molecule has 1 N–H and O–H groups in total. The van der Waals surface area contributed by atoms with Gasteiger partial charge in [0.2, 0.25) is 0 Å². The number of benzene rings is 1. The number of likely N-dealkylation sites (tertiary alicyclic amines) is 1. The quantitative estimate of drug-likeness (QED) is 0.757. The highest BCUT2D eigenvalue weighted by molar-refractivity contribution is 7.98. The predicted molar refractivity (Wildman–Crippen MR) is 108 cm³/mol. The van der Waals surface area contributed by atoms with Gasteiger partial charge in [0.05, 0.1) is 5.56 Å². The van der Waals surface area contributed by atoms with E-state index in [0.29, 0.717) is 5.56 Å². The Bertz CT molecular complexity index is 707. The second kappa shape index (κ2) is 9.74. The van der Waals surface area contributed by atoms with Gasteiger partial charge in [0.1, 0.15) is 5.03 Å². The van der Waals surface area contributed by atoms with Gasteiger partial charge in [-0.1, -0.05) is 30.3 Å². The molecular weight excluding hydrogens is 342 g/mol. The van der Waals surface area contributed by atoms with E-state index >= 15 is 0 Å². The van der Waals surface area contributed by atoms with Crippen LogP contribution in [0.5, 0.6) is 0 Å². The minimum absolute atomic E-state index is 0.00131. The Labute approximate surface area is 160 Å². The van der Waals surface area contributed by atoms with Crippen molar-refractivity contribution in [2.75, 3.05) is 25.9 Å². The van der Waals surface area contributed by atoms with Crippen molar-refractivity contribution in [3.8, 4) is 0 Å². The van der Waals surface area contributed by atoms with E-state index in [4.69, 9.17) is 0 Å². The molecule has 138 valence electrons. The van der Waals surface area contributed by atoms with Gasteiger partial charge in [0, 0.05) is 18.8 Å². The second-order valence-corrected chi connectivity index (χ2v) is 7.56. The van der Waals surface area contributed by atoms with Gasteiger partial charge in [-0.25, -0.2) is 4.98 Å². The van der Waals surface area contributed by atoms with Crippen LogP contribution in [0.2, 0.25) is 0 Å². The van der Waals surface area contributed by atoms with Crippen molar-refractivity contribution >= 4 is 17.7 Å². The molecule has 5 heteroatoms. The van der Waals surface area contributed by atoms with Crippen molar-refractivity contribution < 1.29 is 4.79 Å². The smallest absolute Gasteiger partial charge is 0.254 e. The van der Waals surface area contributed by atoms with Crippen molar-refractivity contribution in [3.05, 3.63) is 59.8 Å². The highest BCUT2D eigenvalue weighted by Crippen LogP contribution is 2.18. The third-order valence-electron chi connectivity index (χ3n) is 4.83. The first-order valence-corrected chi connectivity index (χ1v) is 10.5. The lowest BCUT2D eigenvalue weighted by Crippen LogP contribution is -2.48. The molecule has 0 spiro atoms. The summed E-state index contributed by atoms with van der Waals surface area (Å²) in [6, 6.07) is 14.5. The number of hydrogen-bond donors (Lipinski definition) is 1. The number of nitrogens with one attached hydrogen (secondary N) is 1. The van der Waals surface area contributed by atoms with E-state index in [1.165, 1.54) is 17.3 Å². The average molecular weight is 370 g/mol. The molecule has 4 nitrogen and oxygen atoms in total. The number of nitrogens with zero attached hydrogens (tertiary/aromatic N) is 2. The first-order valence-electron chi connectivity index (χ1n) is 9.32. The minimum atomic E-state index is -0.00131. The molecule has 0 saturated carbocycles. The summed E-state index contributed by atoms with van der Waals surface area (Å²) in [4.78, 5) is 19.4. The Morgan fingerprint density at radius 2 is 2.12 bits per heavy atom. The van der Waals surface area contributed by atoms with Crippen LogP contribution >= 0.6 is 11.8 Å². The molecule has 1 aromatic heterocycles. The van der Waals surface area contributed by atoms with Crippen LogP contribution in [0.1, 0.15) is 35.2 Å². The van der Waals surface area contributed by atoms with Crippen LogP contribution in [0.15, 0.2) is 53.7 Å². The van der Waals surface area contributed by atoms with Gasteiger partial charge in [-0.2, -0.15) is 0 Å². The summed E-state index contributed by atoms with van der Waals surface area (Å²) < 4.78 is 0. The fourth-order valence-electron chi connectivity index (χ4n) is 3.52. The number of carbonyl (C=O) groups excluding carboxylic acids is 1. The molecule has 1 atom stereocenters. The van der Waals surface area contributed by atoms with Crippen LogP contribution in [0.4, 0.5) is 0 Å². The molecule has 1 aromatic carbocycles. The van der Waals surface area contributed by atoms with Crippen molar-refractivity contribution in [3.63, 3.8) is 0 Å². The van der Waals surface area contributed by atoms with E-state index in [-0.39, 0.29) is 11.9 Å². The molecular formula is C21H27N3OS. The van der Waals surface area contributed by atoms with Gasteiger partial charge in [0.25, 0.3) is 5.91 Å². The number of thioether (sulfide) groups is 1. The molecule has 1 aliphatic heterocycles. The molecule has 1 aliphatic rings. The maximum absolute atomic E-state index is 12.6. The highest BCUT2D eigenvalue weighted by atomic mass is 32.2. The first-order chi connectivity index (χ1) is 12.8. The van der Waals surface area contributed by atoms with Crippen LogP contribution in [0.3, 0.4) is 0 Å². The standard InChI is InChI=1S/C21H27N3OS/c1-26-21-19(12-5-13-22-21)20(25)23-18-11-7-15-24(16-18)14-6-10-17-8-3-2-4-9-17/h2-5,8-9,12-13,18H,6-7,10-11,14-16H2,1H3,(H,23,25)/t18-/m0/s1. The molecule has 1 amide bonds. The molecule has 2 heterocycles. The van der Waals surface area contributed by atoms with Crippen LogP contribution in [-0.2, 0) is 6.42 Å². The van der Waals surface area contributed by atoms with E-state index < -0.39 is 0 Å². The number of piperidine rings is 1. The number of aromatic nitrogens is 1. The number of hydrogen-bond acceptors (Lipinski definition) is 4. The van der Waals surface area contributed by atoms with Crippen molar-refractivity contribution in [1.82, 2.24) is 15.2 Å². The Morgan fingerprint density at radius 1 is 1.27 bits per heavy atom. The van der Waals surface area contributed by atoms with Gasteiger partial charge in [-0.15, -0.1) is 11.8 Å². The average Bonchev–Trinajstić information content (AvgIpc) is 2.69. The largest absolute Gasteiger partial charge is 0.348 e. The molecule has 1 fully saturated rings. The number of rotatable bonds is 7. The van der Waals surface area contributed by atoms with Crippen LogP contribution in [0.25, 0.3) is 0 Å². The third-order valence-corrected chi connectivity index (χ3v) is 5.54. The number of amides is 1. The molecule has 0 aliphatic carbocycles. The van der Waals surface area contributed by atoms with Gasteiger partial charge in [-0.05, 0) is 62.7 Å². The first kappa shape index (κ1) is 18.9. The van der Waals surface area contributed by atoms with Crippen molar-refractivity contribution in [2.45, 2.75) is 36.8 Å². The lowest BCUT2D eigenvalue weighted by Gasteiger charge is -2.33. The summed E-state index contributed by atoms with van der Waals surface area (Å²) in [7, 11) is 0. The summed E-state index contributed by atoms with van der Waals surface area (Å²) in [6.45, 7) is 3.16. The topological polar surface area (TPSA) is 45.2 Å². The zero-order valence-corrected chi connectivity index (χ0v) is 16.2. The van der Waals surface area contributed by atoms with Gasteiger partial charge >= 0.3 is 0 Å². The van der Waals surface area contributed by atoms with E-state index in [1.807, 2.05) is 18.4 Å². The van der Waals surface area contributed by atoms with E-state index in [0.717, 1.165) is 50.3 Å². The SMILES string of the molecule is CSc1ncccc1C(=O)N[C@H]1CCCN(CCCc2ccccc2)C1. The monoisotopic (exact) mass is 369 g/mol. The lowest BCUT2D eigenvalue weighted by molar-refractivity contribution is 0.0899. The number of aryl methyl sites for hydroxylation is 1. The summed E-state index contributed by atoms with van der Waals surface area (Å²) in [6.07, 6.45) is 8.14. The maximum Gasteiger partial charge on any atom is 0.254 e. The lowest BCUT2D eigenvalue weighted by atomic mass is 10.0. The molecule has 2 aromatic rings. The van der Waals surface area contributed by atoms with Gasteiger partial charge in [-0.3, -0.25) is 4.79 Å². The van der Waals surface area contributed by atoms with Crippen molar-refractivity contribution in [1.29, 1.82) is 0 Å². The molecule has 3 rings (SSSR count). The highest BCUT2D eigenvalue weighted by Gasteiger charge is 2.22. The minimum Gasteiger partial charge on any atom is -0.348 e.